The van der Waals surface area contributed by atoms with Crippen molar-refractivity contribution in [1.29, 1.82) is 0 Å². The molecule has 2 fully saturated rings. The van der Waals surface area contributed by atoms with E-state index in [1.54, 1.807) is 0 Å². The fourth-order valence-electron chi connectivity index (χ4n) is 2.85. The lowest BCUT2D eigenvalue weighted by Crippen LogP contribution is -2.47. The predicted octanol–water partition coefficient (Wildman–Crippen LogP) is 1.61. The van der Waals surface area contributed by atoms with Crippen molar-refractivity contribution < 1.29 is 10.3 Å². The van der Waals surface area contributed by atoms with Gasteiger partial charge >= 0.3 is 0 Å². The van der Waals surface area contributed by atoms with E-state index in [0.717, 1.165) is 63.9 Å². The van der Waals surface area contributed by atoms with Crippen LogP contribution >= 0.6 is 0 Å². The maximum atomic E-state index is 10.4. The highest BCUT2D eigenvalue weighted by Crippen LogP contribution is 2.29. The molecule has 2 N–H and O–H groups in total. The standard InChI is InChI=1S/C12H22N2O2/c15-12(6-2-1-3-7-12)10-14-8-4-11(13-16)5-9-14/h15-16H,1-10H2. The number of aliphatic hydroxyl groups is 1. The van der Waals surface area contributed by atoms with Crippen LogP contribution in [-0.2, 0) is 0 Å². The summed E-state index contributed by atoms with van der Waals surface area (Å²) in [5.74, 6) is 0. The topological polar surface area (TPSA) is 56.1 Å². The van der Waals surface area contributed by atoms with Crippen LogP contribution < -0.4 is 0 Å². The molecular weight excluding hydrogens is 204 g/mol. The fourth-order valence-corrected chi connectivity index (χ4v) is 2.85. The molecule has 92 valence electrons. The van der Waals surface area contributed by atoms with Crippen molar-refractivity contribution in [2.75, 3.05) is 19.6 Å². The molecule has 0 atom stereocenters. The van der Waals surface area contributed by atoms with E-state index >= 15 is 0 Å². The highest BCUT2D eigenvalue weighted by atomic mass is 16.4. The van der Waals surface area contributed by atoms with Gasteiger partial charge in [-0.25, -0.2) is 0 Å². The molecule has 2 aliphatic rings. The largest absolute Gasteiger partial charge is 0.411 e. The van der Waals surface area contributed by atoms with Gasteiger partial charge in [0.05, 0.1) is 11.3 Å². The van der Waals surface area contributed by atoms with Gasteiger partial charge in [-0.1, -0.05) is 24.4 Å². The quantitative estimate of drug-likeness (QED) is 0.555. The smallest absolute Gasteiger partial charge is 0.0774 e. The van der Waals surface area contributed by atoms with Crippen LogP contribution in [0.3, 0.4) is 0 Å². The Kier molecular flexibility index (Phi) is 3.82. The zero-order valence-corrected chi connectivity index (χ0v) is 9.86. The van der Waals surface area contributed by atoms with Gasteiger partial charge in [0.25, 0.3) is 0 Å². The molecule has 0 spiro atoms. The van der Waals surface area contributed by atoms with Gasteiger partial charge in [0.1, 0.15) is 0 Å². The molecule has 1 aliphatic carbocycles. The van der Waals surface area contributed by atoms with Gasteiger partial charge in [0.2, 0.25) is 0 Å². The van der Waals surface area contributed by atoms with Gasteiger partial charge in [-0.3, -0.25) is 4.90 Å². The zero-order valence-electron chi connectivity index (χ0n) is 9.86. The summed E-state index contributed by atoms with van der Waals surface area (Å²) in [5.41, 5.74) is 0.443. The molecule has 0 radical (unpaired) electrons. The SMILES string of the molecule is ON=C1CCN(CC2(O)CCCCC2)CC1. The lowest BCUT2D eigenvalue weighted by molar-refractivity contribution is -0.0264. The summed E-state index contributed by atoms with van der Waals surface area (Å²) in [6, 6.07) is 0. The van der Waals surface area contributed by atoms with Crippen LogP contribution in [0.5, 0.6) is 0 Å². The number of oxime groups is 1. The number of rotatable bonds is 2. The first-order valence-electron chi connectivity index (χ1n) is 6.36. The highest BCUT2D eigenvalue weighted by Gasteiger charge is 2.32. The van der Waals surface area contributed by atoms with Crippen LogP contribution in [0, 0.1) is 0 Å². The van der Waals surface area contributed by atoms with Gasteiger partial charge in [0, 0.05) is 32.5 Å². The summed E-state index contributed by atoms with van der Waals surface area (Å²) in [6.45, 7) is 2.63. The Morgan fingerprint density at radius 2 is 1.75 bits per heavy atom. The first-order valence-corrected chi connectivity index (χ1v) is 6.36. The molecule has 1 saturated heterocycles. The van der Waals surface area contributed by atoms with Gasteiger partial charge in [-0.15, -0.1) is 0 Å². The number of likely N-dealkylation sites (tertiary alicyclic amines) is 1. The van der Waals surface area contributed by atoms with Crippen molar-refractivity contribution >= 4 is 5.71 Å². The van der Waals surface area contributed by atoms with Crippen LogP contribution in [0.2, 0.25) is 0 Å². The second kappa shape index (κ2) is 5.15. The number of β-amino-alcohol motifs (C(OH)–C–C–N with tert-alkyl or cyclic N) is 1. The highest BCUT2D eigenvalue weighted by molar-refractivity contribution is 5.84. The predicted molar refractivity (Wildman–Crippen MR) is 62.9 cm³/mol. The van der Waals surface area contributed by atoms with Gasteiger partial charge in [-0.2, -0.15) is 0 Å². The average molecular weight is 226 g/mol. The molecule has 0 amide bonds. The summed E-state index contributed by atoms with van der Waals surface area (Å²) in [4.78, 5) is 2.31. The molecule has 0 unspecified atom stereocenters. The first-order chi connectivity index (χ1) is 7.72. The molecule has 0 aromatic heterocycles. The molecule has 1 saturated carbocycles. The van der Waals surface area contributed by atoms with Crippen LogP contribution in [0.4, 0.5) is 0 Å². The minimum atomic E-state index is -0.452. The average Bonchev–Trinajstić information content (AvgIpc) is 2.30. The Labute approximate surface area is 96.9 Å². The molecule has 4 nitrogen and oxygen atoms in total. The second-order valence-electron chi connectivity index (χ2n) is 5.23. The molecule has 2 rings (SSSR count). The van der Waals surface area contributed by atoms with E-state index < -0.39 is 5.60 Å². The first kappa shape index (κ1) is 11.9. The second-order valence-corrected chi connectivity index (χ2v) is 5.23. The van der Waals surface area contributed by atoms with Crippen molar-refractivity contribution in [1.82, 2.24) is 4.90 Å². The lowest BCUT2D eigenvalue weighted by atomic mass is 9.84. The summed E-state index contributed by atoms with van der Waals surface area (Å²) in [7, 11) is 0. The molecule has 0 aromatic carbocycles. The molecule has 0 bridgehead atoms. The number of hydrogen-bond donors (Lipinski definition) is 2. The van der Waals surface area contributed by atoms with Crippen molar-refractivity contribution in [3.63, 3.8) is 0 Å². The summed E-state index contributed by atoms with van der Waals surface area (Å²) in [6.07, 6.45) is 7.17. The van der Waals surface area contributed by atoms with Gasteiger partial charge in [0.15, 0.2) is 0 Å². The normalized spacial score (nSPS) is 26.7. The molecular formula is C12H22N2O2. The van der Waals surface area contributed by atoms with E-state index in [-0.39, 0.29) is 0 Å². The van der Waals surface area contributed by atoms with E-state index in [1.807, 2.05) is 0 Å². The van der Waals surface area contributed by atoms with Gasteiger partial charge < -0.3 is 10.3 Å². The third kappa shape index (κ3) is 2.95. The zero-order chi connectivity index (χ0) is 11.4. The molecule has 4 heteroatoms. The summed E-state index contributed by atoms with van der Waals surface area (Å²) in [5, 5.41) is 22.4. The van der Waals surface area contributed by atoms with E-state index in [4.69, 9.17) is 5.21 Å². The maximum Gasteiger partial charge on any atom is 0.0774 e. The van der Waals surface area contributed by atoms with Crippen LogP contribution in [-0.4, -0.2) is 46.2 Å². The third-order valence-electron chi connectivity index (χ3n) is 3.88. The Morgan fingerprint density at radius 1 is 1.12 bits per heavy atom. The third-order valence-corrected chi connectivity index (χ3v) is 3.88. The minimum absolute atomic E-state index is 0.452. The van der Waals surface area contributed by atoms with Crippen molar-refractivity contribution in [3.05, 3.63) is 0 Å². The van der Waals surface area contributed by atoms with Crippen LogP contribution in [0.1, 0.15) is 44.9 Å². The Balaban J connectivity index is 1.81. The molecule has 0 aromatic rings. The number of piperidine rings is 1. The van der Waals surface area contributed by atoms with Crippen LogP contribution in [0.15, 0.2) is 5.16 Å². The number of hydrogen-bond acceptors (Lipinski definition) is 4. The summed E-state index contributed by atoms with van der Waals surface area (Å²) >= 11 is 0. The molecule has 1 heterocycles. The van der Waals surface area contributed by atoms with Crippen molar-refractivity contribution in [2.45, 2.75) is 50.5 Å². The minimum Gasteiger partial charge on any atom is -0.411 e. The summed E-state index contributed by atoms with van der Waals surface area (Å²) < 4.78 is 0. The molecule has 16 heavy (non-hydrogen) atoms. The monoisotopic (exact) mass is 226 g/mol. The van der Waals surface area contributed by atoms with Crippen molar-refractivity contribution in [3.8, 4) is 0 Å². The van der Waals surface area contributed by atoms with Crippen LogP contribution in [0.25, 0.3) is 0 Å². The number of nitrogens with zero attached hydrogens (tertiary/aromatic N) is 2. The fraction of sp³-hybridized carbons (Fsp3) is 0.917. The Morgan fingerprint density at radius 3 is 2.31 bits per heavy atom. The van der Waals surface area contributed by atoms with E-state index in [9.17, 15) is 5.11 Å². The Bertz CT molecular complexity index is 250. The molecule has 1 aliphatic heterocycles. The van der Waals surface area contributed by atoms with Gasteiger partial charge in [-0.05, 0) is 12.8 Å². The van der Waals surface area contributed by atoms with E-state index in [1.165, 1.54) is 6.42 Å². The van der Waals surface area contributed by atoms with E-state index in [0.29, 0.717) is 0 Å². The Hall–Kier alpha value is -0.610. The van der Waals surface area contributed by atoms with E-state index in [2.05, 4.69) is 10.1 Å². The maximum absolute atomic E-state index is 10.4. The van der Waals surface area contributed by atoms with Crippen molar-refractivity contribution in [2.24, 2.45) is 5.16 Å². The lowest BCUT2D eigenvalue weighted by Gasteiger charge is -2.38.